The lowest BCUT2D eigenvalue weighted by molar-refractivity contribution is -0.127. The van der Waals surface area contributed by atoms with E-state index in [9.17, 15) is 9.59 Å². The van der Waals surface area contributed by atoms with Gasteiger partial charge in [-0.05, 0) is 89.2 Å². The highest BCUT2D eigenvalue weighted by molar-refractivity contribution is 6.30. The molecule has 35 heavy (non-hydrogen) atoms. The van der Waals surface area contributed by atoms with Crippen LogP contribution in [0.25, 0.3) is 0 Å². The molecule has 2 aromatic rings. The molecule has 0 spiro atoms. The molecular weight excluding hydrogens is 458 g/mol. The van der Waals surface area contributed by atoms with E-state index in [1.165, 1.54) is 11.1 Å². The lowest BCUT2D eigenvalue weighted by atomic mass is 9.75. The molecule has 6 heteroatoms. The maximum atomic E-state index is 12.5. The summed E-state index contributed by atoms with van der Waals surface area (Å²) in [7, 11) is 4.28. The summed E-state index contributed by atoms with van der Waals surface area (Å²) >= 11 is 6.20. The van der Waals surface area contributed by atoms with E-state index in [1.807, 2.05) is 43.3 Å². The SMILES string of the molecule is CC(CCc1ccccc1)NC(=O)CCC(=O)NC1CCC(Cc2cccc(Cl)c2)(N(C)C)CC1. The largest absolute Gasteiger partial charge is 0.354 e. The van der Waals surface area contributed by atoms with Crippen molar-refractivity contribution in [3.63, 3.8) is 0 Å². The molecule has 0 saturated heterocycles. The van der Waals surface area contributed by atoms with E-state index in [1.54, 1.807) is 0 Å². The Kier molecular flexibility index (Phi) is 10.2. The van der Waals surface area contributed by atoms with Gasteiger partial charge in [0.1, 0.15) is 0 Å². The zero-order valence-corrected chi connectivity index (χ0v) is 22.1. The zero-order chi connectivity index (χ0) is 25.3. The van der Waals surface area contributed by atoms with E-state index < -0.39 is 0 Å². The molecule has 2 amide bonds. The fourth-order valence-corrected chi connectivity index (χ4v) is 5.30. The molecule has 5 nitrogen and oxygen atoms in total. The second kappa shape index (κ2) is 13.1. The molecule has 1 aliphatic rings. The first-order chi connectivity index (χ1) is 16.8. The predicted octanol–water partition coefficient (Wildman–Crippen LogP) is 5.16. The van der Waals surface area contributed by atoms with Gasteiger partial charge < -0.3 is 15.5 Å². The average molecular weight is 498 g/mol. The third kappa shape index (κ3) is 8.66. The standard InChI is InChI=1S/C29H40ClN3O2/c1-22(12-13-23-8-5-4-6-9-23)31-27(34)14-15-28(35)32-26-16-18-29(19-17-26,33(2)3)21-24-10-7-11-25(30)20-24/h4-11,20,22,26H,12-19,21H2,1-3H3,(H,31,34)(H,32,35). The first-order valence-electron chi connectivity index (χ1n) is 12.8. The molecule has 0 heterocycles. The van der Waals surface area contributed by atoms with Gasteiger partial charge in [-0.1, -0.05) is 54.1 Å². The van der Waals surface area contributed by atoms with Gasteiger partial charge in [0.15, 0.2) is 0 Å². The third-order valence-corrected chi connectivity index (χ3v) is 7.58. The third-order valence-electron chi connectivity index (χ3n) is 7.35. The maximum absolute atomic E-state index is 12.5. The van der Waals surface area contributed by atoms with Crippen LogP contribution < -0.4 is 10.6 Å². The van der Waals surface area contributed by atoms with Crippen molar-refractivity contribution in [2.45, 2.75) is 82.3 Å². The summed E-state index contributed by atoms with van der Waals surface area (Å²) in [5.74, 6) is -0.0909. The molecule has 1 unspecified atom stereocenters. The minimum Gasteiger partial charge on any atom is -0.354 e. The van der Waals surface area contributed by atoms with Crippen LogP contribution in [0.2, 0.25) is 5.02 Å². The first-order valence-corrected chi connectivity index (χ1v) is 13.2. The molecule has 2 N–H and O–H groups in total. The Morgan fingerprint density at radius 3 is 2.31 bits per heavy atom. The van der Waals surface area contributed by atoms with Gasteiger partial charge in [-0.25, -0.2) is 0 Å². The van der Waals surface area contributed by atoms with E-state index in [2.05, 4.69) is 47.8 Å². The lowest BCUT2D eigenvalue weighted by Gasteiger charge is -2.45. The summed E-state index contributed by atoms with van der Waals surface area (Å²) in [4.78, 5) is 27.2. The van der Waals surface area contributed by atoms with Gasteiger partial charge in [0.25, 0.3) is 0 Å². The average Bonchev–Trinajstić information content (AvgIpc) is 2.83. The number of aryl methyl sites for hydroxylation is 1. The Morgan fingerprint density at radius 1 is 1.00 bits per heavy atom. The van der Waals surface area contributed by atoms with E-state index in [0.717, 1.165) is 50.0 Å². The van der Waals surface area contributed by atoms with E-state index >= 15 is 0 Å². The number of nitrogens with one attached hydrogen (secondary N) is 2. The number of rotatable bonds is 11. The van der Waals surface area contributed by atoms with Crippen LogP contribution in [-0.4, -0.2) is 48.4 Å². The van der Waals surface area contributed by atoms with Crippen LogP contribution in [-0.2, 0) is 22.4 Å². The lowest BCUT2D eigenvalue weighted by Crippen LogP contribution is -2.52. The van der Waals surface area contributed by atoms with Crippen LogP contribution in [0.5, 0.6) is 0 Å². The van der Waals surface area contributed by atoms with Crippen molar-refractivity contribution in [3.05, 3.63) is 70.7 Å². The minimum atomic E-state index is -0.0579. The van der Waals surface area contributed by atoms with Crippen LogP contribution in [0.3, 0.4) is 0 Å². The molecule has 2 aromatic carbocycles. The molecule has 1 fully saturated rings. The van der Waals surface area contributed by atoms with Crippen LogP contribution in [0, 0.1) is 0 Å². The number of hydrogen-bond donors (Lipinski definition) is 2. The number of nitrogens with zero attached hydrogens (tertiary/aromatic N) is 1. The van der Waals surface area contributed by atoms with Gasteiger partial charge in [-0.2, -0.15) is 0 Å². The molecule has 1 saturated carbocycles. The van der Waals surface area contributed by atoms with E-state index in [-0.39, 0.29) is 42.3 Å². The van der Waals surface area contributed by atoms with Gasteiger partial charge in [0.05, 0.1) is 0 Å². The van der Waals surface area contributed by atoms with Crippen molar-refractivity contribution in [2.75, 3.05) is 14.1 Å². The highest BCUT2D eigenvalue weighted by atomic mass is 35.5. The van der Waals surface area contributed by atoms with Crippen LogP contribution in [0.1, 0.15) is 63.0 Å². The number of halogens is 1. The number of hydrogen-bond acceptors (Lipinski definition) is 3. The topological polar surface area (TPSA) is 61.4 Å². The Hall–Kier alpha value is -2.37. The molecule has 0 bridgehead atoms. The summed E-state index contributed by atoms with van der Waals surface area (Å²) in [6, 6.07) is 18.6. The van der Waals surface area contributed by atoms with Gasteiger partial charge in [0.2, 0.25) is 11.8 Å². The number of carbonyl (C=O) groups is 2. The summed E-state index contributed by atoms with van der Waals surface area (Å²) in [5, 5.41) is 6.96. The monoisotopic (exact) mass is 497 g/mol. The Bertz CT molecular complexity index is 955. The second-order valence-corrected chi connectivity index (χ2v) is 10.7. The smallest absolute Gasteiger partial charge is 0.220 e. The van der Waals surface area contributed by atoms with Crippen LogP contribution in [0.15, 0.2) is 54.6 Å². The fourth-order valence-electron chi connectivity index (χ4n) is 5.08. The number of carbonyl (C=O) groups excluding carboxylic acids is 2. The molecule has 1 aliphatic carbocycles. The van der Waals surface area contributed by atoms with Gasteiger partial charge >= 0.3 is 0 Å². The molecule has 1 atom stereocenters. The molecule has 190 valence electrons. The first kappa shape index (κ1) is 27.2. The zero-order valence-electron chi connectivity index (χ0n) is 21.4. The van der Waals surface area contributed by atoms with Gasteiger partial charge in [-0.3, -0.25) is 9.59 Å². The van der Waals surface area contributed by atoms with Crippen molar-refractivity contribution in [3.8, 4) is 0 Å². The minimum absolute atomic E-state index is 0.0331. The quantitative estimate of drug-likeness (QED) is 0.450. The number of likely N-dealkylation sites (N-methyl/N-ethyl adjacent to an activating group) is 1. The summed E-state index contributed by atoms with van der Waals surface area (Å²) < 4.78 is 0. The second-order valence-electron chi connectivity index (χ2n) is 10.3. The Morgan fingerprint density at radius 2 is 1.66 bits per heavy atom. The fraction of sp³-hybridized carbons (Fsp3) is 0.517. The van der Waals surface area contributed by atoms with Crippen molar-refractivity contribution in [2.24, 2.45) is 0 Å². The summed E-state index contributed by atoms with van der Waals surface area (Å²) in [6.45, 7) is 2.02. The van der Waals surface area contributed by atoms with E-state index in [4.69, 9.17) is 11.6 Å². The summed E-state index contributed by atoms with van der Waals surface area (Å²) in [5.41, 5.74) is 2.59. The molecule has 0 aromatic heterocycles. The number of amides is 2. The molecule has 0 radical (unpaired) electrons. The summed E-state index contributed by atoms with van der Waals surface area (Å²) in [6.07, 6.45) is 7.11. The molecular formula is C29H40ClN3O2. The predicted molar refractivity (Wildman–Crippen MR) is 144 cm³/mol. The van der Waals surface area contributed by atoms with Crippen molar-refractivity contribution >= 4 is 23.4 Å². The highest BCUT2D eigenvalue weighted by Crippen LogP contribution is 2.36. The van der Waals surface area contributed by atoms with Crippen molar-refractivity contribution < 1.29 is 9.59 Å². The maximum Gasteiger partial charge on any atom is 0.220 e. The van der Waals surface area contributed by atoms with Gasteiger partial charge in [0, 0.05) is 35.5 Å². The van der Waals surface area contributed by atoms with Crippen molar-refractivity contribution in [1.29, 1.82) is 0 Å². The Labute approximate surface area is 215 Å². The van der Waals surface area contributed by atoms with Crippen LogP contribution in [0.4, 0.5) is 0 Å². The Balaban J connectivity index is 1.37. The number of benzene rings is 2. The van der Waals surface area contributed by atoms with E-state index in [0.29, 0.717) is 0 Å². The van der Waals surface area contributed by atoms with Crippen LogP contribution >= 0.6 is 11.6 Å². The highest BCUT2D eigenvalue weighted by Gasteiger charge is 2.37. The van der Waals surface area contributed by atoms with Crippen molar-refractivity contribution in [1.82, 2.24) is 15.5 Å². The molecule has 3 rings (SSSR count). The van der Waals surface area contributed by atoms with Gasteiger partial charge in [-0.15, -0.1) is 0 Å². The molecule has 0 aliphatic heterocycles. The normalized spacial score (nSPS) is 20.9.